The highest BCUT2D eigenvalue weighted by Gasteiger charge is 2.43. The molecule has 0 saturated heterocycles. The predicted molar refractivity (Wildman–Crippen MR) is 97.8 cm³/mol. The first-order valence-electron chi connectivity index (χ1n) is 5.97. The maximum atomic E-state index is 12.5. The van der Waals surface area contributed by atoms with Crippen molar-refractivity contribution in [2.75, 3.05) is 0 Å². The number of carboxylic acid groups (broad SMARTS) is 1. The molecule has 0 fully saturated rings. The Morgan fingerprint density at radius 1 is 1.00 bits per heavy atom. The normalized spacial score (nSPS) is 14.3. The minimum atomic E-state index is -1.07. The molecule has 0 bridgehead atoms. The molecule has 1 atom stereocenters. The Labute approximate surface area is 165 Å². The summed E-state index contributed by atoms with van der Waals surface area (Å²) in [6, 6.07) is -0.730. The number of aliphatic carboxylic acids is 1. The molecule has 0 aliphatic carbocycles. The molecule has 2 rings (SSSR count). The van der Waals surface area contributed by atoms with Gasteiger partial charge in [0.15, 0.2) is 0 Å². The third-order valence-corrected chi connectivity index (χ3v) is 7.81. The summed E-state index contributed by atoms with van der Waals surface area (Å²) in [5, 5.41) is 8.85. The lowest BCUT2D eigenvalue weighted by atomic mass is 10.1. The molecular weight excluding hydrogens is 570 g/mol. The molecule has 1 aliphatic heterocycles. The number of hydrogen-bond acceptors (Lipinski definition) is 5. The third kappa shape index (κ3) is 3.69. The van der Waals surface area contributed by atoms with Crippen LogP contribution in [0.15, 0.2) is 17.9 Å². The summed E-state index contributed by atoms with van der Waals surface area (Å²) in [5.74, 6) is 5.91. The van der Waals surface area contributed by atoms with Crippen LogP contribution in [-0.2, 0) is 4.79 Å². The molecule has 23 heavy (non-hydrogen) atoms. The summed E-state index contributed by atoms with van der Waals surface area (Å²) in [6.45, 7) is 1.53. The molecule has 1 unspecified atom stereocenters. The zero-order valence-electron chi connectivity index (χ0n) is 11.6. The lowest BCUT2D eigenvalue weighted by molar-refractivity contribution is -0.137. The Hall–Kier alpha value is -0.330. The molecule has 1 aromatic carbocycles. The van der Waals surface area contributed by atoms with Gasteiger partial charge < -0.3 is 5.11 Å². The largest absolute Gasteiger partial charge is 0.481 e. The fraction of sp³-hybridized carbons (Fsp3) is 0.250. The van der Waals surface area contributed by atoms with Crippen LogP contribution >= 0.6 is 63.7 Å². The summed E-state index contributed by atoms with van der Waals surface area (Å²) >= 11 is 13.3. The van der Waals surface area contributed by atoms with Crippen molar-refractivity contribution in [2.45, 2.75) is 19.4 Å². The molecule has 1 heterocycles. The van der Waals surface area contributed by atoms with Crippen molar-refractivity contribution in [3.8, 4) is 0 Å². The zero-order chi connectivity index (χ0) is 18.1. The first kappa shape index (κ1) is 20.7. The van der Waals surface area contributed by atoms with Crippen molar-refractivity contribution in [3.63, 3.8) is 0 Å². The van der Waals surface area contributed by atoms with Gasteiger partial charge in [-0.25, -0.2) is 0 Å². The number of hydrazine groups is 1. The van der Waals surface area contributed by atoms with Gasteiger partial charge in [-0.1, -0.05) is 0 Å². The van der Waals surface area contributed by atoms with Crippen LogP contribution in [0.4, 0.5) is 0 Å². The van der Waals surface area contributed by atoms with E-state index in [1.165, 1.54) is 6.92 Å². The average molecular weight is 581 g/mol. The number of nitrogens with two attached hydrogens (primary N) is 2. The highest BCUT2D eigenvalue weighted by molar-refractivity contribution is 9.15. The van der Waals surface area contributed by atoms with Crippen LogP contribution in [0.2, 0.25) is 0 Å². The van der Waals surface area contributed by atoms with E-state index in [9.17, 15) is 14.4 Å². The molecule has 0 saturated carbocycles. The number of nitrogens with zero attached hydrogens (tertiary/aromatic N) is 1. The minimum absolute atomic E-state index is 0.221. The van der Waals surface area contributed by atoms with Crippen molar-refractivity contribution in [3.05, 3.63) is 29.0 Å². The number of halogens is 4. The number of benzene rings is 1. The van der Waals surface area contributed by atoms with Crippen molar-refractivity contribution < 1.29 is 19.5 Å². The van der Waals surface area contributed by atoms with Crippen LogP contribution in [0, 0.1) is 0 Å². The smallest absolute Gasteiger partial charge is 0.305 e. The quantitative estimate of drug-likeness (QED) is 0.166. The SMILES string of the molecule is CC(CC(=O)O)N1C(=O)c2c(Br)c(Br)c(Br)c(Br)c2C1=O.NN. The van der Waals surface area contributed by atoms with Crippen molar-refractivity contribution in [2.24, 2.45) is 11.7 Å². The first-order valence-corrected chi connectivity index (χ1v) is 9.14. The van der Waals surface area contributed by atoms with E-state index in [0.29, 0.717) is 17.9 Å². The average Bonchev–Trinajstić information content (AvgIpc) is 2.75. The van der Waals surface area contributed by atoms with E-state index in [-0.39, 0.29) is 17.5 Å². The number of amides is 2. The van der Waals surface area contributed by atoms with Gasteiger partial charge in [-0.05, 0) is 70.6 Å². The number of rotatable bonds is 3. The second kappa shape index (κ2) is 8.17. The molecule has 0 spiro atoms. The van der Waals surface area contributed by atoms with E-state index in [1.54, 1.807) is 0 Å². The van der Waals surface area contributed by atoms with E-state index in [1.807, 2.05) is 0 Å². The Kier molecular flexibility index (Phi) is 7.36. The second-order valence-corrected chi connectivity index (χ2v) is 7.61. The molecule has 2 amide bonds. The number of carbonyl (C=O) groups is 3. The van der Waals surface area contributed by atoms with E-state index in [2.05, 4.69) is 75.4 Å². The van der Waals surface area contributed by atoms with Gasteiger partial charge in [0.25, 0.3) is 11.8 Å². The van der Waals surface area contributed by atoms with Gasteiger partial charge in [0.2, 0.25) is 0 Å². The molecule has 0 radical (unpaired) electrons. The highest BCUT2D eigenvalue weighted by Crippen LogP contribution is 2.45. The summed E-state index contributed by atoms with van der Waals surface area (Å²) in [7, 11) is 0. The van der Waals surface area contributed by atoms with Crippen LogP contribution in [-0.4, -0.2) is 33.8 Å². The molecule has 1 aromatic rings. The van der Waals surface area contributed by atoms with Crippen LogP contribution in [0.25, 0.3) is 0 Å². The van der Waals surface area contributed by atoms with E-state index >= 15 is 0 Å². The van der Waals surface area contributed by atoms with Crippen molar-refractivity contribution in [1.82, 2.24) is 4.90 Å². The third-order valence-electron chi connectivity index (χ3n) is 3.04. The monoisotopic (exact) mass is 577 g/mol. The molecule has 126 valence electrons. The van der Waals surface area contributed by atoms with Gasteiger partial charge in [-0.3, -0.25) is 31.0 Å². The summed E-state index contributed by atoms with van der Waals surface area (Å²) < 4.78 is 2.11. The van der Waals surface area contributed by atoms with Gasteiger partial charge >= 0.3 is 5.97 Å². The Morgan fingerprint density at radius 2 is 1.35 bits per heavy atom. The first-order chi connectivity index (χ1) is 10.7. The van der Waals surface area contributed by atoms with Gasteiger partial charge in [-0.2, -0.15) is 0 Å². The van der Waals surface area contributed by atoms with Gasteiger partial charge in [-0.15, -0.1) is 0 Å². The number of carboxylic acids is 1. The maximum Gasteiger partial charge on any atom is 0.305 e. The fourth-order valence-electron chi connectivity index (χ4n) is 2.11. The van der Waals surface area contributed by atoms with Crippen LogP contribution in [0.3, 0.4) is 0 Å². The zero-order valence-corrected chi connectivity index (χ0v) is 17.9. The van der Waals surface area contributed by atoms with Crippen molar-refractivity contribution >= 4 is 81.5 Å². The minimum Gasteiger partial charge on any atom is -0.481 e. The number of hydrogen-bond donors (Lipinski definition) is 3. The Morgan fingerprint density at radius 3 is 1.65 bits per heavy atom. The topological polar surface area (TPSA) is 127 Å². The molecule has 5 N–H and O–H groups in total. The van der Waals surface area contributed by atoms with Crippen LogP contribution in [0.5, 0.6) is 0 Å². The summed E-state index contributed by atoms with van der Waals surface area (Å²) in [6.07, 6.45) is -0.303. The number of carbonyl (C=O) groups excluding carboxylic acids is 2. The lowest BCUT2D eigenvalue weighted by Crippen LogP contribution is -2.39. The van der Waals surface area contributed by atoms with Gasteiger partial charge in [0, 0.05) is 23.9 Å². The van der Waals surface area contributed by atoms with E-state index in [4.69, 9.17) is 5.11 Å². The van der Waals surface area contributed by atoms with Crippen LogP contribution in [0.1, 0.15) is 34.1 Å². The standard InChI is InChI=1S/C12H7Br4NO4.H4N2/c1-3(2-4(18)19)17-11(20)5-6(12(17)21)8(14)10(16)9(15)7(5)13;1-2/h3H,2H2,1H3,(H,18,19);1-2H2. The Bertz CT molecular complexity index is 649. The maximum absolute atomic E-state index is 12.5. The predicted octanol–water partition coefficient (Wildman–Crippen LogP) is 3.01. The highest BCUT2D eigenvalue weighted by atomic mass is 79.9. The molecule has 0 aromatic heterocycles. The fourth-order valence-corrected chi connectivity index (χ4v) is 4.57. The van der Waals surface area contributed by atoms with Gasteiger partial charge in [0.1, 0.15) is 0 Å². The van der Waals surface area contributed by atoms with Crippen molar-refractivity contribution in [1.29, 1.82) is 0 Å². The second-order valence-electron chi connectivity index (χ2n) is 4.43. The van der Waals surface area contributed by atoms with Gasteiger partial charge in [0.05, 0.1) is 17.5 Å². The van der Waals surface area contributed by atoms with E-state index < -0.39 is 23.8 Å². The summed E-state index contributed by atoms with van der Waals surface area (Å²) in [5.41, 5.74) is 0.443. The molecule has 1 aliphatic rings. The Balaban J connectivity index is 0.00000127. The molecule has 11 heteroatoms. The molecular formula is C12H11Br4N3O4. The van der Waals surface area contributed by atoms with E-state index in [0.717, 1.165) is 4.90 Å². The number of fused-ring (bicyclic) bond motifs is 1. The lowest BCUT2D eigenvalue weighted by Gasteiger charge is -2.20. The number of imide groups is 1. The molecule has 7 nitrogen and oxygen atoms in total. The summed E-state index contributed by atoms with van der Waals surface area (Å²) in [4.78, 5) is 36.8. The van der Waals surface area contributed by atoms with Crippen LogP contribution < -0.4 is 11.7 Å².